The average Bonchev–Trinajstić information content (AvgIpc) is 2.42. The summed E-state index contributed by atoms with van der Waals surface area (Å²) in [6.07, 6.45) is 0.0806. The first-order valence-electron chi connectivity index (χ1n) is 7.09. The molecule has 0 radical (unpaired) electrons. The van der Waals surface area contributed by atoms with E-state index in [0.29, 0.717) is 13.1 Å². The van der Waals surface area contributed by atoms with Crippen molar-refractivity contribution in [3.8, 4) is 0 Å². The Kier molecular flexibility index (Phi) is 6.52. The van der Waals surface area contributed by atoms with E-state index in [1.807, 2.05) is 39.8 Å². The van der Waals surface area contributed by atoms with Crippen LogP contribution in [0.15, 0.2) is 24.3 Å². The van der Waals surface area contributed by atoms with Crippen molar-refractivity contribution in [1.82, 2.24) is 4.90 Å². The van der Waals surface area contributed by atoms with Crippen LogP contribution in [0.2, 0.25) is 0 Å². The van der Waals surface area contributed by atoms with Crippen LogP contribution < -0.4 is 4.90 Å². The first kappa shape index (κ1) is 16.5. The number of rotatable bonds is 7. The summed E-state index contributed by atoms with van der Waals surface area (Å²) < 4.78 is 5.38. The van der Waals surface area contributed by atoms with Gasteiger partial charge >= 0.3 is 0 Å². The summed E-state index contributed by atoms with van der Waals surface area (Å²) in [6, 6.07) is 8.26. The van der Waals surface area contributed by atoms with Crippen molar-refractivity contribution in [1.29, 1.82) is 0 Å². The van der Waals surface area contributed by atoms with E-state index in [1.165, 1.54) is 0 Å². The van der Waals surface area contributed by atoms with Crippen LogP contribution >= 0.6 is 0 Å². The summed E-state index contributed by atoms with van der Waals surface area (Å²) in [4.78, 5) is 15.9. The van der Waals surface area contributed by atoms with Gasteiger partial charge in [-0.1, -0.05) is 12.1 Å². The molecule has 0 saturated heterocycles. The second-order valence-electron chi connectivity index (χ2n) is 5.33. The number of benzene rings is 1. The van der Waals surface area contributed by atoms with Gasteiger partial charge in [-0.2, -0.15) is 0 Å². The van der Waals surface area contributed by atoms with Gasteiger partial charge in [0.15, 0.2) is 0 Å². The summed E-state index contributed by atoms with van der Waals surface area (Å²) in [6.45, 7) is 7.33. The number of nitrogens with zero attached hydrogens (tertiary/aromatic N) is 2. The van der Waals surface area contributed by atoms with Crippen LogP contribution in [-0.4, -0.2) is 44.2 Å². The van der Waals surface area contributed by atoms with Gasteiger partial charge in [0.25, 0.3) is 0 Å². The molecule has 0 bridgehead atoms. The van der Waals surface area contributed by atoms with Crippen LogP contribution in [0.25, 0.3) is 0 Å². The highest BCUT2D eigenvalue weighted by atomic mass is 16.5. The van der Waals surface area contributed by atoms with Crippen molar-refractivity contribution in [2.24, 2.45) is 0 Å². The minimum absolute atomic E-state index is 0.0397. The summed E-state index contributed by atoms with van der Waals surface area (Å²) in [5.41, 5.74) is 2.29. The maximum Gasteiger partial charge on any atom is 0.248 e. The van der Waals surface area contributed by atoms with E-state index >= 15 is 0 Å². The SMILES string of the molecule is CCN(Cc1ccc(N(C)C)cc1)C(=O)COC(C)C. The molecule has 4 heteroatoms. The number of carbonyl (C=O) groups excluding carboxylic acids is 1. The number of anilines is 1. The van der Waals surface area contributed by atoms with E-state index in [0.717, 1.165) is 11.3 Å². The zero-order valence-electron chi connectivity index (χ0n) is 13.2. The zero-order chi connectivity index (χ0) is 15.1. The van der Waals surface area contributed by atoms with Crippen molar-refractivity contribution in [2.75, 3.05) is 32.1 Å². The van der Waals surface area contributed by atoms with E-state index in [4.69, 9.17) is 4.74 Å². The molecule has 1 amide bonds. The second kappa shape index (κ2) is 7.90. The molecule has 0 unspecified atom stereocenters. The summed E-state index contributed by atoms with van der Waals surface area (Å²) in [7, 11) is 4.03. The van der Waals surface area contributed by atoms with Crippen molar-refractivity contribution in [2.45, 2.75) is 33.4 Å². The van der Waals surface area contributed by atoms with E-state index in [9.17, 15) is 4.79 Å². The molecule has 0 aromatic heterocycles. The molecule has 0 aliphatic rings. The predicted octanol–water partition coefficient (Wildman–Crippen LogP) is 2.53. The van der Waals surface area contributed by atoms with Crippen LogP contribution in [0.1, 0.15) is 26.3 Å². The van der Waals surface area contributed by atoms with E-state index in [2.05, 4.69) is 29.2 Å². The quantitative estimate of drug-likeness (QED) is 0.768. The van der Waals surface area contributed by atoms with E-state index < -0.39 is 0 Å². The molecule has 0 aliphatic carbocycles. The van der Waals surface area contributed by atoms with Gasteiger partial charge in [-0.05, 0) is 38.5 Å². The first-order valence-corrected chi connectivity index (χ1v) is 7.09. The molecule has 1 aromatic carbocycles. The molecule has 0 heterocycles. The number of amides is 1. The molecule has 0 aliphatic heterocycles. The Labute approximate surface area is 122 Å². The number of hydrogen-bond acceptors (Lipinski definition) is 3. The largest absolute Gasteiger partial charge is 0.378 e. The molecule has 1 aromatic rings. The first-order chi connectivity index (χ1) is 9.43. The fourth-order valence-electron chi connectivity index (χ4n) is 1.83. The summed E-state index contributed by atoms with van der Waals surface area (Å²) >= 11 is 0. The molecule has 0 atom stereocenters. The summed E-state index contributed by atoms with van der Waals surface area (Å²) in [5.74, 6) is 0.0397. The maximum atomic E-state index is 12.1. The highest BCUT2D eigenvalue weighted by molar-refractivity contribution is 5.77. The van der Waals surface area contributed by atoms with Gasteiger partial charge in [0.2, 0.25) is 5.91 Å². The van der Waals surface area contributed by atoms with Crippen LogP contribution in [-0.2, 0) is 16.1 Å². The van der Waals surface area contributed by atoms with Crippen LogP contribution in [0.5, 0.6) is 0 Å². The average molecular weight is 278 g/mol. The van der Waals surface area contributed by atoms with Crippen molar-refractivity contribution >= 4 is 11.6 Å². The van der Waals surface area contributed by atoms with Crippen molar-refractivity contribution in [3.63, 3.8) is 0 Å². The van der Waals surface area contributed by atoms with Crippen molar-refractivity contribution in [3.05, 3.63) is 29.8 Å². The third kappa shape index (κ3) is 5.21. The minimum Gasteiger partial charge on any atom is -0.378 e. The van der Waals surface area contributed by atoms with Gasteiger partial charge in [0.05, 0.1) is 6.10 Å². The van der Waals surface area contributed by atoms with Crippen LogP contribution in [0.3, 0.4) is 0 Å². The third-order valence-corrected chi connectivity index (χ3v) is 3.10. The number of likely N-dealkylation sites (N-methyl/N-ethyl adjacent to an activating group) is 1. The van der Waals surface area contributed by atoms with Crippen molar-refractivity contribution < 1.29 is 9.53 Å². The Morgan fingerprint density at radius 3 is 2.25 bits per heavy atom. The normalized spacial score (nSPS) is 10.7. The van der Waals surface area contributed by atoms with Gasteiger partial charge in [-0.25, -0.2) is 0 Å². The standard InChI is InChI=1S/C16H26N2O2/c1-6-18(16(19)12-20-13(2)3)11-14-7-9-15(10-8-14)17(4)5/h7-10,13H,6,11-12H2,1-5H3. The molecule has 4 nitrogen and oxygen atoms in total. The molecule has 0 fully saturated rings. The fraction of sp³-hybridized carbons (Fsp3) is 0.562. The monoisotopic (exact) mass is 278 g/mol. The molecular formula is C16H26N2O2. The Balaban J connectivity index is 2.61. The lowest BCUT2D eigenvalue weighted by Crippen LogP contribution is -2.34. The number of carbonyl (C=O) groups is 1. The minimum atomic E-state index is 0.0397. The van der Waals surface area contributed by atoms with Gasteiger partial charge in [0.1, 0.15) is 6.61 Å². The zero-order valence-corrected chi connectivity index (χ0v) is 13.2. The Morgan fingerprint density at radius 2 is 1.80 bits per heavy atom. The summed E-state index contributed by atoms with van der Waals surface area (Å²) in [5, 5.41) is 0. The Bertz CT molecular complexity index is 413. The molecule has 20 heavy (non-hydrogen) atoms. The molecular weight excluding hydrogens is 252 g/mol. The lowest BCUT2D eigenvalue weighted by Gasteiger charge is -2.22. The van der Waals surface area contributed by atoms with Crippen LogP contribution in [0, 0.1) is 0 Å². The van der Waals surface area contributed by atoms with Gasteiger partial charge in [0, 0.05) is 32.9 Å². The molecule has 1 rings (SSSR count). The molecule has 0 spiro atoms. The molecule has 0 N–H and O–H groups in total. The van der Waals surface area contributed by atoms with E-state index in [1.54, 1.807) is 0 Å². The van der Waals surface area contributed by atoms with Gasteiger partial charge < -0.3 is 14.5 Å². The Hall–Kier alpha value is -1.55. The number of hydrogen-bond donors (Lipinski definition) is 0. The predicted molar refractivity (Wildman–Crippen MR) is 82.9 cm³/mol. The van der Waals surface area contributed by atoms with Crippen LogP contribution in [0.4, 0.5) is 5.69 Å². The highest BCUT2D eigenvalue weighted by Crippen LogP contribution is 2.13. The molecule has 112 valence electrons. The lowest BCUT2D eigenvalue weighted by atomic mass is 10.2. The highest BCUT2D eigenvalue weighted by Gasteiger charge is 2.13. The maximum absolute atomic E-state index is 12.1. The van der Waals surface area contributed by atoms with E-state index in [-0.39, 0.29) is 18.6 Å². The topological polar surface area (TPSA) is 32.8 Å². The van der Waals surface area contributed by atoms with Gasteiger partial charge in [-0.15, -0.1) is 0 Å². The fourth-order valence-corrected chi connectivity index (χ4v) is 1.83. The second-order valence-corrected chi connectivity index (χ2v) is 5.33. The third-order valence-electron chi connectivity index (χ3n) is 3.10. The Morgan fingerprint density at radius 1 is 1.20 bits per heavy atom. The van der Waals surface area contributed by atoms with Gasteiger partial charge in [-0.3, -0.25) is 4.79 Å². The molecule has 0 saturated carbocycles. The smallest absolute Gasteiger partial charge is 0.248 e. The number of ether oxygens (including phenoxy) is 1. The lowest BCUT2D eigenvalue weighted by molar-refractivity contribution is -0.138.